The fraction of sp³-hybridized carbons (Fsp3) is 0.316. The zero-order chi connectivity index (χ0) is 20.1. The fourth-order valence-electron chi connectivity index (χ4n) is 2.72. The standard InChI is InChI=1S/C19H23Cl2N7.HI/c1-4-22-19(26-12-15-9-16(20)18(21)27(15)3)25-11-14-5-6-17(24-10-14)28-8-7-23-13(28)2;/h5-10H,4,11-12H2,1-3H3,(H2,22,25,26);1H. The summed E-state index contributed by atoms with van der Waals surface area (Å²) in [5.74, 6) is 2.45. The van der Waals surface area contributed by atoms with Gasteiger partial charge >= 0.3 is 0 Å². The van der Waals surface area contributed by atoms with Crippen LogP contribution in [-0.4, -0.2) is 31.6 Å². The van der Waals surface area contributed by atoms with Crippen molar-refractivity contribution >= 4 is 53.1 Å². The van der Waals surface area contributed by atoms with Gasteiger partial charge in [0.05, 0.1) is 18.1 Å². The van der Waals surface area contributed by atoms with Gasteiger partial charge in [0.1, 0.15) is 16.8 Å². The molecule has 0 saturated heterocycles. The molecule has 0 amide bonds. The maximum atomic E-state index is 6.12. The molecular weight excluding hydrogens is 524 g/mol. The maximum absolute atomic E-state index is 6.12. The van der Waals surface area contributed by atoms with Gasteiger partial charge in [-0.2, -0.15) is 0 Å². The molecule has 7 nitrogen and oxygen atoms in total. The summed E-state index contributed by atoms with van der Waals surface area (Å²) >= 11 is 12.2. The normalized spacial score (nSPS) is 11.3. The Kier molecular flexibility index (Phi) is 8.79. The summed E-state index contributed by atoms with van der Waals surface area (Å²) in [5.41, 5.74) is 1.99. The Bertz CT molecular complexity index is 964. The van der Waals surface area contributed by atoms with Gasteiger partial charge in [-0.25, -0.2) is 15.0 Å². The molecule has 2 N–H and O–H groups in total. The molecule has 0 fully saturated rings. The van der Waals surface area contributed by atoms with Crippen LogP contribution in [0.15, 0.2) is 41.8 Å². The zero-order valence-electron chi connectivity index (χ0n) is 16.5. The van der Waals surface area contributed by atoms with E-state index in [0.717, 1.165) is 29.4 Å². The van der Waals surface area contributed by atoms with Crippen LogP contribution in [0, 0.1) is 6.92 Å². The van der Waals surface area contributed by atoms with Crippen LogP contribution in [-0.2, 0) is 20.1 Å². The van der Waals surface area contributed by atoms with Crippen molar-refractivity contribution in [1.82, 2.24) is 29.7 Å². The highest BCUT2D eigenvalue weighted by molar-refractivity contribution is 14.0. The van der Waals surface area contributed by atoms with Gasteiger partial charge in [-0.15, -0.1) is 24.0 Å². The molecule has 156 valence electrons. The van der Waals surface area contributed by atoms with Crippen molar-refractivity contribution in [3.63, 3.8) is 0 Å². The Morgan fingerprint density at radius 2 is 2.00 bits per heavy atom. The van der Waals surface area contributed by atoms with Gasteiger partial charge in [0, 0.05) is 37.9 Å². The molecule has 0 aliphatic heterocycles. The quantitative estimate of drug-likeness (QED) is 0.277. The first-order valence-corrected chi connectivity index (χ1v) is 9.72. The minimum absolute atomic E-state index is 0. The van der Waals surface area contributed by atoms with Gasteiger partial charge < -0.3 is 15.2 Å². The monoisotopic (exact) mass is 547 g/mol. The van der Waals surface area contributed by atoms with E-state index in [2.05, 4.69) is 25.6 Å². The van der Waals surface area contributed by atoms with Gasteiger partial charge in [-0.1, -0.05) is 29.3 Å². The van der Waals surface area contributed by atoms with Crippen LogP contribution in [0.25, 0.3) is 5.82 Å². The van der Waals surface area contributed by atoms with Crippen molar-refractivity contribution < 1.29 is 0 Å². The largest absolute Gasteiger partial charge is 0.357 e. The lowest BCUT2D eigenvalue weighted by atomic mass is 10.3. The molecule has 0 bridgehead atoms. The Morgan fingerprint density at radius 3 is 2.55 bits per heavy atom. The number of pyridine rings is 1. The number of guanidine groups is 1. The van der Waals surface area contributed by atoms with Crippen molar-refractivity contribution in [2.24, 2.45) is 12.0 Å². The number of aryl methyl sites for hydroxylation is 1. The molecule has 0 unspecified atom stereocenters. The predicted octanol–water partition coefficient (Wildman–Crippen LogP) is 4.09. The lowest BCUT2D eigenvalue weighted by Gasteiger charge is -2.12. The lowest BCUT2D eigenvalue weighted by Crippen LogP contribution is -2.37. The van der Waals surface area contributed by atoms with Gasteiger partial charge in [-0.3, -0.25) is 4.57 Å². The van der Waals surface area contributed by atoms with Crippen LogP contribution in [0.1, 0.15) is 24.0 Å². The fourth-order valence-corrected chi connectivity index (χ4v) is 3.13. The average molecular weight is 548 g/mol. The van der Waals surface area contributed by atoms with E-state index in [0.29, 0.717) is 29.2 Å². The highest BCUT2D eigenvalue weighted by atomic mass is 127. The van der Waals surface area contributed by atoms with Crippen LogP contribution >= 0.6 is 47.2 Å². The van der Waals surface area contributed by atoms with Crippen molar-refractivity contribution in [3.8, 4) is 5.82 Å². The summed E-state index contributed by atoms with van der Waals surface area (Å²) in [5, 5.41) is 7.61. The second-order valence-electron chi connectivity index (χ2n) is 6.25. The number of hydrogen-bond acceptors (Lipinski definition) is 3. The van der Waals surface area contributed by atoms with Crippen molar-refractivity contribution in [1.29, 1.82) is 0 Å². The molecular formula is C19H24Cl2IN7. The molecule has 0 aromatic carbocycles. The second-order valence-corrected chi connectivity index (χ2v) is 7.02. The van der Waals surface area contributed by atoms with E-state index >= 15 is 0 Å². The molecule has 3 aromatic rings. The van der Waals surface area contributed by atoms with Gasteiger partial charge in [0.2, 0.25) is 0 Å². The molecule has 0 aliphatic rings. The van der Waals surface area contributed by atoms with Crippen LogP contribution in [0.5, 0.6) is 0 Å². The summed E-state index contributed by atoms with van der Waals surface area (Å²) in [6, 6.07) is 5.83. The third-order valence-corrected chi connectivity index (χ3v) is 5.14. The number of aromatic nitrogens is 4. The van der Waals surface area contributed by atoms with E-state index in [1.54, 1.807) is 6.20 Å². The summed E-state index contributed by atoms with van der Waals surface area (Å²) in [4.78, 5) is 13.4. The molecule has 10 heteroatoms. The Labute approximate surface area is 197 Å². The lowest BCUT2D eigenvalue weighted by molar-refractivity contribution is 0.752. The summed E-state index contributed by atoms with van der Waals surface area (Å²) in [6.45, 7) is 5.81. The van der Waals surface area contributed by atoms with E-state index in [1.165, 1.54) is 0 Å². The first-order valence-electron chi connectivity index (χ1n) is 8.96. The average Bonchev–Trinajstić information content (AvgIpc) is 3.23. The summed E-state index contributed by atoms with van der Waals surface area (Å²) in [6.07, 6.45) is 5.49. The molecule has 3 rings (SSSR count). The molecule has 0 saturated carbocycles. The highest BCUT2D eigenvalue weighted by Gasteiger charge is 2.09. The molecule has 3 aromatic heterocycles. The van der Waals surface area contributed by atoms with Crippen LogP contribution in [0.4, 0.5) is 0 Å². The van der Waals surface area contributed by atoms with E-state index in [-0.39, 0.29) is 24.0 Å². The number of halogens is 3. The van der Waals surface area contributed by atoms with Crippen LogP contribution < -0.4 is 10.6 Å². The molecule has 0 aliphatic carbocycles. The first-order chi connectivity index (χ1) is 13.5. The third kappa shape index (κ3) is 5.86. The van der Waals surface area contributed by atoms with Crippen LogP contribution in [0.3, 0.4) is 0 Å². The highest BCUT2D eigenvalue weighted by Crippen LogP contribution is 2.24. The van der Waals surface area contributed by atoms with E-state index in [1.807, 2.05) is 60.6 Å². The second kappa shape index (κ2) is 10.8. The van der Waals surface area contributed by atoms with E-state index < -0.39 is 0 Å². The van der Waals surface area contributed by atoms with Gasteiger partial charge in [0.15, 0.2) is 5.96 Å². The summed E-state index contributed by atoms with van der Waals surface area (Å²) < 4.78 is 3.79. The van der Waals surface area contributed by atoms with Crippen molar-refractivity contribution in [3.05, 3.63) is 64.0 Å². The minimum Gasteiger partial charge on any atom is -0.357 e. The SMILES string of the molecule is CCNC(=NCc1ccc(-n2ccnc2C)nc1)NCc1cc(Cl)c(Cl)n1C.I. The summed E-state index contributed by atoms with van der Waals surface area (Å²) in [7, 11) is 1.88. The van der Waals surface area contributed by atoms with Gasteiger partial charge in [-0.05, 0) is 31.5 Å². The Hall–Kier alpha value is -1.78. The first kappa shape index (κ1) is 23.5. The number of hydrogen-bond donors (Lipinski definition) is 2. The van der Waals surface area contributed by atoms with Crippen LogP contribution in [0.2, 0.25) is 10.2 Å². The molecule has 0 spiro atoms. The Balaban J connectivity index is 0.00000300. The van der Waals surface area contributed by atoms with E-state index in [9.17, 15) is 0 Å². The van der Waals surface area contributed by atoms with Crippen molar-refractivity contribution in [2.75, 3.05) is 6.54 Å². The zero-order valence-corrected chi connectivity index (χ0v) is 20.3. The smallest absolute Gasteiger partial charge is 0.191 e. The maximum Gasteiger partial charge on any atom is 0.191 e. The topological polar surface area (TPSA) is 72.1 Å². The van der Waals surface area contributed by atoms with Gasteiger partial charge in [0.25, 0.3) is 0 Å². The number of imidazole rings is 1. The number of nitrogens with one attached hydrogen (secondary N) is 2. The molecule has 0 atom stereocenters. The predicted molar refractivity (Wildman–Crippen MR) is 129 cm³/mol. The molecule has 29 heavy (non-hydrogen) atoms. The number of rotatable bonds is 6. The molecule has 0 radical (unpaired) electrons. The number of nitrogens with zero attached hydrogens (tertiary/aromatic N) is 5. The van der Waals surface area contributed by atoms with E-state index in [4.69, 9.17) is 23.2 Å². The Morgan fingerprint density at radius 1 is 1.21 bits per heavy atom. The minimum atomic E-state index is 0. The third-order valence-electron chi connectivity index (χ3n) is 4.30. The number of aliphatic imine (C=N–C) groups is 1. The van der Waals surface area contributed by atoms with Crippen molar-refractivity contribution in [2.45, 2.75) is 26.9 Å². The molecule has 3 heterocycles.